The van der Waals surface area contributed by atoms with Gasteiger partial charge in [0.05, 0.1) is 0 Å². The van der Waals surface area contributed by atoms with Gasteiger partial charge in [0.1, 0.15) is 4.90 Å². The minimum absolute atomic E-state index is 0.630. The summed E-state index contributed by atoms with van der Waals surface area (Å²) in [6.07, 6.45) is 0. The molecule has 0 saturated carbocycles. The SMILES string of the molecule is [O]c1ccccc1S(=O)(=O)C(F)(F)F. The summed E-state index contributed by atoms with van der Waals surface area (Å²) < 4.78 is 57.4. The molecule has 0 aromatic heterocycles. The summed E-state index contributed by atoms with van der Waals surface area (Å²) in [6.45, 7) is 0. The molecular weight excluding hydrogens is 221 g/mol. The van der Waals surface area contributed by atoms with Gasteiger partial charge in [0, 0.05) is 0 Å². The molecule has 77 valence electrons. The van der Waals surface area contributed by atoms with Gasteiger partial charge < -0.3 is 0 Å². The Labute approximate surface area is 77.7 Å². The third-order valence-corrected chi connectivity index (χ3v) is 2.97. The Morgan fingerprint density at radius 3 is 2.00 bits per heavy atom. The van der Waals surface area contributed by atoms with Crippen molar-refractivity contribution in [3.8, 4) is 5.75 Å². The second kappa shape index (κ2) is 3.16. The van der Waals surface area contributed by atoms with Crippen molar-refractivity contribution >= 4 is 9.84 Å². The Kier molecular flexibility index (Phi) is 2.45. The maximum atomic E-state index is 12.0. The molecule has 0 saturated heterocycles. The first-order valence-electron chi connectivity index (χ1n) is 3.34. The van der Waals surface area contributed by atoms with Crippen LogP contribution in [0, 0.1) is 0 Å². The zero-order valence-corrected chi connectivity index (χ0v) is 7.39. The fourth-order valence-electron chi connectivity index (χ4n) is 0.797. The van der Waals surface area contributed by atoms with Crippen molar-refractivity contribution in [1.82, 2.24) is 0 Å². The molecule has 1 aromatic carbocycles. The lowest BCUT2D eigenvalue weighted by atomic mass is 10.3. The van der Waals surface area contributed by atoms with Crippen molar-refractivity contribution < 1.29 is 26.7 Å². The molecule has 0 atom stereocenters. The van der Waals surface area contributed by atoms with Crippen LogP contribution in [-0.2, 0) is 14.9 Å². The Morgan fingerprint density at radius 1 is 1.07 bits per heavy atom. The van der Waals surface area contributed by atoms with E-state index in [-0.39, 0.29) is 0 Å². The van der Waals surface area contributed by atoms with Gasteiger partial charge in [0.25, 0.3) is 9.84 Å². The van der Waals surface area contributed by atoms with Crippen LogP contribution in [0.2, 0.25) is 0 Å². The maximum absolute atomic E-state index is 12.0. The van der Waals surface area contributed by atoms with Crippen molar-refractivity contribution in [3.63, 3.8) is 0 Å². The lowest BCUT2D eigenvalue weighted by Gasteiger charge is -2.07. The highest BCUT2D eigenvalue weighted by atomic mass is 32.2. The highest BCUT2D eigenvalue weighted by Crippen LogP contribution is 2.34. The second-order valence-electron chi connectivity index (χ2n) is 2.40. The summed E-state index contributed by atoms with van der Waals surface area (Å²) in [5.74, 6) is -1.16. The first-order chi connectivity index (χ1) is 6.27. The van der Waals surface area contributed by atoms with Gasteiger partial charge in [-0.05, 0) is 12.1 Å². The quantitative estimate of drug-likeness (QED) is 0.735. The van der Waals surface area contributed by atoms with Gasteiger partial charge in [-0.2, -0.15) is 13.2 Å². The van der Waals surface area contributed by atoms with Gasteiger partial charge in [0.2, 0.25) is 0 Å². The van der Waals surface area contributed by atoms with Gasteiger partial charge in [-0.3, -0.25) is 5.11 Å². The van der Waals surface area contributed by atoms with Crippen molar-refractivity contribution in [2.75, 3.05) is 0 Å². The number of hydrogen-bond donors (Lipinski definition) is 0. The molecule has 1 radical (unpaired) electrons. The van der Waals surface area contributed by atoms with Crippen LogP contribution in [0.4, 0.5) is 13.2 Å². The number of benzene rings is 1. The molecule has 0 spiro atoms. The van der Waals surface area contributed by atoms with Crippen molar-refractivity contribution in [3.05, 3.63) is 24.3 Å². The van der Waals surface area contributed by atoms with Crippen LogP contribution in [0.15, 0.2) is 29.2 Å². The van der Waals surface area contributed by atoms with Crippen molar-refractivity contribution in [2.24, 2.45) is 0 Å². The van der Waals surface area contributed by atoms with E-state index in [4.69, 9.17) is 0 Å². The van der Waals surface area contributed by atoms with Crippen LogP contribution < -0.4 is 0 Å². The number of sulfone groups is 1. The molecule has 3 nitrogen and oxygen atoms in total. The molecule has 1 rings (SSSR count). The Balaban J connectivity index is 3.40. The molecule has 0 aliphatic heterocycles. The molecular formula is C7H4F3O3S. The van der Waals surface area contributed by atoms with E-state index in [0.29, 0.717) is 6.07 Å². The summed E-state index contributed by atoms with van der Waals surface area (Å²) >= 11 is 0. The Hall–Kier alpha value is -1.24. The molecule has 0 bridgehead atoms. The molecule has 0 fully saturated rings. The summed E-state index contributed by atoms with van der Waals surface area (Å²) in [6, 6.07) is 3.61. The third-order valence-electron chi connectivity index (χ3n) is 1.44. The lowest BCUT2D eigenvalue weighted by molar-refractivity contribution is -0.0437. The minimum atomic E-state index is -5.52. The average molecular weight is 225 g/mol. The molecule has 0 amide bonds. The van der Waals surface area contributed by atoms with E-state index in [1.165, 1.54) is 0 Å². The molecule has 0 N–H and O–H groups in total. The molecule has 0 aliphatic carbocycles. The predicted molar refractivity (Wildman–Crippen MR) is 39.8 cm³/mol. The van der Waals surface area contributed by atoms with Crippen LogP contribution in [-0.4, -0.2) is 13.9 Å². The number of halogens is 3. The monoisotopic (exact) mass is 225 g/mol. The van der Waals surface area contributed by atoms with Crippen LogP contribution >= 0.6 is 0 Å². The van der Waals surface area contributed by atoms with Crippen LogP contribution in [0.3, 0.4) is 0 Å². The van der Waals surface area contributed by atoms with E-state index in [0.717, 1.165) is 18.2 Å². The van der Waals surface area contributed by atoms with E-state index >= 15 is 0 Å². The van der Waals surface area contributed by atoms with E-state index in [9.17, 15) is 26.7 Å². The first-order valence-corrected chi connectivity index (χ1v) is 4.82. The normalized spacial score (nSPS) is 12.8. The second-order valence-corrected chi connectivity index (χ2v) is 4.31. The number of hydrogen-bond acceptors (Lipinski definition) is 2. The van der Waals surface area contributed by atoms with Crippen LogP contribution in [0.1, 0.15) is 0 Å². The maximum Gasteiger partial charge on any atom is 0.502 e. The van der Waals surface area contributed by atoms with Crippen molar-refractivity contribution in [1.29, 1.82) is 0 Å². The number of alkyl halides is 3. The average Bonchev–Trinajstić information content (AvgIpc) is 2.02. The number of rotatable bonds is 1. The van der Waals surface area contributed by atoms with Crippen LogP contribution in [0.5, 0.6) is 5.75 Å². The largest absolute Gasteiger partial charge is 0.502 e. The topological polar surface area (TPSA) is 54.0 Å². The van der Waals surface area contributed by atoms with Gasteiger partial charge in [0.15, 0.2) is 5.75 Å². The van der Waals surface area contributed by atoms with Crippen molar-refractivity contribution in [2.45, 2.75) is 10.4 Å². The van der Waals surface area contributed by atoms with E-state index in [2.05, 4.69) is 0 Å². The smallest absolute Gasteiger partial charge is 0.288 e. The molecule has 14 heavy (non-hydrogen) atoms. The zero-order chi connectivity index (χ0) is 11.0. The molecule has 0 aliphatic rings. The highest BCUT2D eigenvalue weighted by Gasteiger charge is 2.48. The predicted octanol–water partition coefficient (Wildman–Crippen LogP) is 2.12. The van der Waals surface area contributed by atoms with E-state index < -0.39 is 26.0 Å². The molecule has 0 unspecified atom stereocenters. The summed E-state index contributed by atoms with van der Waals surface area (Å²) in [7, 11) is -5.52. The van der Waals surface area contributed by atoms with Gasteiger partial charge in [-0.1, -0.05) is 12.1 Å². The summed E-state index contributed by atoms with van der Waals surface area (Å²) in [5, 5.41) is 10.8. The standard InChI is InChI=1S/C7H4F3O3S/c8-7(9,10)14(12,13)6-4-2-1-3-5(6)11/h1-4H. The third kappa shape index (κ3) is 1.67. The van der Waals surface area contributed by atoms with E-state index in [1.54, 1.807) is 0 Å². The molecule has 7 heteroatoms. The fraction of sp³-hybridized carbons (Fsp3) is 0.143. The van der Waals surface area contributed by atoms with Gasteiger partial charge in [-0.25, -0.2) is 8.42 Å². The molecule has 0 heterocycles. The van der Waals surface area contributed by atoms with E-state index in [1.807, 2.05) is 0 Å². The number of para-hydroxylation sites is 1. The Morgan fingerprint density at radius 2 is 1.57 bits per heavy atom. The highest BCUT2D eigenvalue weighted by molar-refractivity contribution is 7.92. The fourth-order valence-corrected chi connectivity index (χ4v) is 1.64. The molecule has 1 aromatic rings. The minimum Gasteiger partial charge on any atom is -0.288 e. The Bertz CT molecular complexity index is 436. The van der Waals surface area contributed by atoms with Crippen LogP contribution in [0.25, 0.3) is 0 Å². The van der Waals surface area contributed by atoms with Gasteiger partial charge in [-0.15, -0.1) is 0 Å². The lowest BCUT2D eigenvalue weighted by Crippen LogP contribution is -2.23. The van der Waals surface area contributed by atoms with Gasteiger partial charge >= 0.3 is 5.51 Å². The first kappa shape index (κ1) is 10.8. The zero-order valence-electron chi connectivity index (χ0n) is 6.58. The summed E-state index contributed by atoms with van der Waals surface area (Å²) in [4.78, 5) is -1.24. The summed E-state index contributed by atoms with van der Waals surface area (Å²) in [5.41, 5.74) is -5.44.